The SMILES string of the molecule is Cc1nc(COc2cccc(/C=C/c3nc(C4(N)CCCC4)no3)c2)cs1.Cl. The summed E-state index contributed by atoms with van der Waals surface area (Å²) in [6, 6.07) is 7.84. The maximum atomic E-state index is 6.37. The number of hydrogen-bond acceptors (Lipinski definition) is 7. The second-order valence-corrected chi connectivity index (χ2v) is 7.93. The Balaban J connectivity index is 0.00000225. The smallest absolute Gasteiger partial charge is 0.250 e. The maximum Gasteiger partial charge on any atom is 0.250 e. The molecular weight excluding hydrogens is 396 g/mol. The third kappa shape index (κ3) is 4.79. The summed E-state index contributed by atoms with van der Waals surface area (Å²) in [6.45, 7) is 2.45. The summed E-state index contributed by atoms with van der Waals surface area (Å²) in [5.41, 5.74) is 7.88. The Labute approximate surface area is 174 Å². The molecule has 8 heteroatoms. The van der Waals surface area contributed by atoms with E-state index in [0.717, 1.165) is 47.7 Å². The van der Waals surface area contributed by atoms with Crippen LogP contribution in [0.1, 0.15) is 53.7 Å². The first-order valence-electron chi connectivity index (χ1n) is 9.06. The van der Waals surface area contributed by atoms with Gasteiger partial charge in [-0.3, -0.25) is 0 Å². The molecule has 0 unspecified atom stereocenters. The molecule has 1 aliphatic rings. The molecule has 6 nitrogen and oxygen atoms in total. The number of rotatable bonds is 6. The number of ether oxygens (including phenoxy) is 1. The molecule has 0 saturated heterocycles. The highest BCUT2D eigenvalue weighted by molar-refractivity contribution is 7.09. The average Bonchev–Trinajstić information content (AvgIpc) is 3.40. The van der Waals surface area contributed by atoms with Crippen LogP contribution in [0.4, 0.5) is 0 Å². The van der Waals surface area contributed by atoms with Crippen LogP contribution in [0.2, 0.25) is 0 Å². The predicted octanol–water partition coefficient (Wildman–Crippen LogP) is 4.73. The number of aryl methyl sites for hydroxylation is 1. The zero-order valence-electron chi connectivity index (χ0n) is 15.6. The Morgan fingerprint density at radius 1 is 1.25 bits per heavy atom. The Morgan fingerprint density at radius 2 is 2.07 bits per heavy atom. The molecule has 1 fully saturated rings. The first-order valence-corrected chi connectivity index (χ1v) is 9.94. The standard InChI is InChI=1S/C20H22N4O2S.ClH/c1-14-22-16(13-27-14)12-25-17-6-4-5-15(11-17)7-8-18-23-19(24-26-18)20(21)9-2-3-10-20;/h4-8,11,13H,2-3,9-10,12,21H2,1H3;1H/b8-7+;. The fraction of sp³-hybridized carbons (Fsp3) is 0.350. The van der Waals surface area contributed by atoms with Gasteiger partial charge in [-0.2, -0.15) is 4.98 Å². The molecule has 4 rings (SSSR count). The molecule has 0 radical (unpaired) electrons. The van der Waals surface area contributed by atoms with Crippen LogP contribution < -0.4 is 10.5 Å². The minimum Gasteiger partial charge on any atom is -0.487 e. The molecule has 0 amide bonds. The van der Waals surface area contributed by atoms with Crippen LogP contribution in [-0.4, -0.2) is 15.1 Å². The van der Waals surface area contributed by atoms with E-state index < -0.39 is 5.54 Å². The first kappa shape index (κ1) is 20.5. The summed E-state index contributed by atoms with van der Waals surface area (Å²) in [7, 11) is 0. The van der Waals surface area contributed by atoms with Crippen molar-refractivity contribution in [3.8, 4) is 5.75 Å². The van der Waals surface area contributed by atoms with E-state index in [9.17, 15) is 0 Å². The van der Waals surface area contributed by atoms with Gasteiger partial charge in [-0.15, -0.1) is 23.7 Å². The van der Waals surface area contributed by atoms with E-state index in [1.54, 1.807) is 17.4 Å². The largest absolute Gasteiger partial charge is 0.487 e. The summed E-state index contributed by atoms with van der Waals surface area (Å²) in [5, 5.41) is 7.13. The van der Waals surface area contributed by atoms with Crippen molar-refractivity contribution in [2.75, 3.05) is 0 Å². The van der Waals surface area contributed by atoms with Crippen LogP contribution >= 0.6 is 23.7 Å². The van der Waals surface area contributed by atoms with Crippen molar-refractivity contribution in [2.45, 2.75) is 44.8 Å². The summed E-state index contributed by atoms with van der Waals surface area (Å²) in [6.07, 6.45) is 7.78. The van der Waals surface area contributed by atoms with Crippen LogP contribution in [0.3, 0.4) is 0 Å². The minimum atomic E-state index is -0.433. The average molecular weight is 419 g/mol. The quantitative estimate of drug-likeness (QED) is 0.622. The van der Waals surface area contributed by atoms with Crippen LogP contribution in [0, 0.1) is 6.92 Å². The number of hydrogen-bond donors (Lipinski definition) is 1. The van der Waals surface area contributed by atoms with Gasteiger partial charge in [-0.1, -0.05) is 30.1 Å². The molecule has 0 bridgehead atoms. The normalized spacial score (nSPS) is 15.6. The van der Waals surface area contributed by atoms with Crippen molar-refractivity contribution < 1.29 is 9.26 Å². The Morgan fingerprint density at radius 3 is 2.82 bits per heavy atom. The van der Waals surface area contributed by atoms with Gasteiger partial charge in [0, 0.05) is 11.5 Å². The van der Waals surface area contributed by atoms with Crippen molar-refractivity contribution in [1.29, 1.82) is 0 Å². The van der Waals surface area contributed by atoms with Gasteiger partial charge in [0.15, 0.2) is 5.82 Å². The number of thiazole rings is 1. The monoisotopic (exact) mass is 418 g/mol. The fourth-order valence-electron chi connectivity index (χ4n) is 3.24. The highest BCUT2D eigenvalue weighted by atomic mass is 35.5. The number of nitrogens with zero attached hydrogens (tertiary/aromatic N) is 3. The van der Waals surface area contributed by atoms with Gasteiger partial charge >= 0.3 is 0 Å². The third-order valence-electron chi connectivity index (χ3n) is 4.71. The Kier molecular flexibility index (Phi) is 6.49. The summed E-state index contributed by atoms with van der Waals surface area (Å²) < 4.78 is 11.2. The van der Waals surface area contributed by atoms with Crippen molar-refractivity contribution in [3.05, 3.63) is 57.6 Å². The van der Waals surface area contributed by atoms with E-state index in [-0.39, 0.29) is 12.4 Å². The molecule has 0 spiro atoms. The van der Waals surface area contributed by atoms with Gasteiger partial charge in [0.1, 0.15) is 12.4 Å². The lowest BCUT2D eigenvalue weighted by Crippen LogP contribution is -2.34. The lowest BCUT2D eigenvalue weighted by Gasteiger charge is -2.17. The zero-order chi connectivity index (χ0) is 18.7. The topological polar surface area (TPSA) is 87.1 Å². The predicted molar refractivity (Wildman–Crippen MR) is 112 cm³/mol. The fourth-order valence-corrected chi connectivity index (χ4v) is 3.84. The van der Waals surface area contributed by atoms with Crippen LogP contribution in [0.5, 0.6) is 5.75 Å². The van der Waals surface area contributed by atoms with E-state index in [1.807, 2.05) is 42.6 Å². The number of halogens is 1. The maximum absolute atomic E-state index is 6.37. The minimum absolute atomic E-state index is 0. The lowest BCUT2D eigenvalue weighted by molar-refractivity contribution is 0.302. The van der Waals surface area contributed by atoms with Gasteiger partial charge in [0.2, 0.25) is 0 Å². The van der Waals surface area contributed by atoms with Crippen molar-refractivity contribution >= 4 is 35.9 Å². The van der Waals surface area contributed by atoms with E-state index >= 15 is 0 Å². The number of benzene rings is 1. The molecule has 1 aliphatic carbocycles. The lowest BCUT2D eigenvalue weighted by atomic mass is 9.99. The molecule has 2 aromatic heterocycles. The van der Waals surface area contributed by atoms with Crippen molar-refractivity contribution in [3.63, 3.8) is 0 Å². The highest BCUT2D eigenvalue weighted by Crippen LogP contribution is 2.34. The molecule has 0 atom stereocenters. The molecule has 148 valence electrons. The third-order valence-corrected chi connectivity index (χ3v) is 5.53. The highest BCUT2D eigenvalue weighted by Gasteiger charge is 2.35. The molecule has 2 N–H and O–H groups in total. The number of nitrogens with two attached hydrogens (primary N) is 1. The van der Waals surface area contributed by atoms with Gasteiger partial charge in [-0.25, -0.2) is 4.98 Å². The van der Waals surface area contributed by atoms with Crippen LogP contribution in [-0.2, 0) is 12.1 Å². The Hall–Kier alpha value is -2.22. The van der Waals surface area contributed by atoms with Gasteiger partial charge in [-0.05, 0) is 43.5 Å². The van der Waals surface area contributed by atoms with Crippen molar-refractivity contribution in [2.24, 2.45) is 5.73 Å². The summed E-state index contributed by atoms with van der Waals surface area (Å²) >= 11 is 1.62. The molecule has 0 aliphatic heterocycles. The summed E-state index contributed by atoms with van der Waals surface area (Å²) in [5.74, 6) is 1.86. The molecule has 1 aromatic carbocycles. The molecule has 2 heterocycles. The van der Waals surface area contributed by atoms with E-state index in [1.165, 1.54) is 0 Å². The molecule has 28 heavy (non-hydrogen) atoms. The van der Waals surface area contributed by atoms with Crippen LogP contribution in [0.25, 0.3) is 12.2 Å². The van der Waals surface area contributed by atoms with E-state index in [0.29, 0.717) is 18.3 Å². The van der Waals surface area contributed by atoms with Gasteiger partial charge in [0.25, 0.3) is 5.89 Å². The molecule has 3 aromatic rings. The van der Waals surface area contributed by atoms with Crippen molar-refractivity contribution in [1.82, 2.24) is 15.1 Å². The van der Waals surface area contributed by atoms with Gasteiger partial charge < -0.3 is 15.0 Å². The second-order valence-electron chi connectivity index (χ2n) is 6.87. The summed E-state index contributed by atoms with van der Waals surface area (Å²) in [4.78, 5) is 8.86. The van der Waals surface area contributed by atoms with Crippen LogP contribution in [0.15, 0.2) is 34.2 Å². The second kappa shape index (κ2) is 8.86. The van der Waals surface area contributed by atoms with Gasteiger partial charge in [0.05, 0.1) is 16.2 Å². The first-order chi connectivity index (χ1) is 13.1. The zero-order valence-corrected chi connectivity index (χ0v) is 17.3. The molecule has 1 saturated carbocycles. The van der Waals surface area contributed by atoms with E-state index in [4.69, 9.17) is 15.0 Å². The Bertz CT molecular complexity index is 947. The van der Waals surface area contributed by atoms with E-state index in [2.05, 4.69) is 15.1 Å². The number of aromatic nitrogens is 3. The molecular formula is C20H23ClN4O2S.